The van der Waals surface area contributed by atoms with E-state index in [0.717, 1.165) is 5.56 Å². The molecule has 0 saturated carbocycles. The molecule has 0 unspecified atom stereocenters. The molecule has 5 N–H and O–H groups in total. The summed E-state index contributed by atoms with van der Waals surface area (Å²) in [4.78, 5) is 37.3. The quantitative estimate of drug-likeness (QED) is 0.485. The smallest absolute Gasteiger partial charge is 0.342 e. The Kier molecular flexibility index (Phi) is 5.51. The molecule has 0 spiro atoms. The van der Waals surface area contributed by atoms with Crippen molar-refractivity contribution in [2.24, 2.45) is 0 Å². The van der Waals surface area contributed by atoms with E-state index in [4.69, 9.17) is 15.7 Å². The third-order valence-electron chi connectivity index (χ3n) is 4.30. The van der Waals surface area contributed by atoms with Crippen LogP contribution in [0, 0.1) is 11.3 Å². The van der Waals surface area contributed by atoms with Gasteiger partial charge < -0.3 is 25.7 Å². The molecule has 0 fully saturated rings. The fraction of sp³-hybridized carbons (Fsp3) is 0.0476. The van der Waals surface area contributed by atoms with Gasteiger partial charge in [-0.3, -0.25) is 4.79 Å². The van der Waals surface area contributed by atoms with Crippen molar-refractivity contribution in [2.45, 2.75) is 6.61 Å². The molecule has 0 saturated heterocycles. The molecule has 3 aromatic rings. The number of aromatic carboxylic acids is 2. The van der Waals surface area contributed by atoms with Gasteiger partial charge in [-0.1, -0.05) is 24.3 Å². The highest BCUT2D eigenvalue weighted by Crippen LogP contribution is 2.30. The lowest BCUT2D eigenvalue weighted by molar-refractivity contribution is 0.0695. The van der Waals surface area contributed by atoms with Crippen LogP contribution < -0.4 is 16.0 Å². The summed E-state index contributed by atoms with van der Waals surface area (Å²) in [6.07, 6.45) is 0. The predicted octanol–water partition coefficient (Wildman–Crippen LogP) is 2.47. The number of benzene rings is 2. The number of nitriles is 1. The Morgan fingerprint density at radius 1 is 1.00 bits per heavy atom. The van der Waals surface area contributed by atoms with E-state index in [2.05, 4.69) is 4.98 Å². The first-order chi connectivity index (χ1) is 14.3. The number of carboxylic acid groups (broad SMARTS) is 2. The second-order valence-electron chi connectivity index (χ2n) is 6.22. The number of aromatic nitrogens is 1. The number of ether oxygens (including phenoxy) is 1. The van der Waals surface area contributed by atoms with Gasteiger partial charge in [-0.05, 0) is 35.4 Å². The van der Waals surface area contributed by atoms with Crippen molar-refractivity contribution in [3.63, 3.8) is 0 Å². The molecule has 0 bridgehead atoms. The van der Waals surface area contributed by atoms with Crippen LogP contribution in [0.2, 0.25) is 0 Å². The molecule has 0 aliphatic heterocycles. The van der Waals surface area contributed by atoms with Gasteiger partial charge in [0.2, 0.25) is 0 Å². The van der Waals surface area contributed by atoms with E-state index < -0.39 is 34.4 Å². The SMILES string of the molecule is N#Cc1ccc(COc2ccc(-c3c(C(=O)O)c(N)[nH]c(=O)c3C(=O)O)cc2)cc1. The maximum Gasteiger partial charge on any atom is 0.342 e. The highest BCUT2D eigenvalue weighted by Gasteiger charge is 2.26. The number of H-pyrrole nitrogens is 1. The van der Waals surface area contributed by atoms with Crippen LogP contribution in [0.15, 0.2) is 53.3 Å². The second-order valence-corrected chi connectivity index (χ2v) is 6.22. The minimum absolute atomic E-state index is 0.188. The number of aromatic amines is 1. The molecule has 1 heterocycles. The molecule has 0 aliphatic rings. The van der Waals surface area contributed by atoms with Crippen molar-refractivity contribution >= 4 is 17.8 Å². The summed E-state index contributed by atoms with van der Waals surface area (Å²) in [7, 11) is 0. The summed E-state index contributed by atoms with van der Waals surface area (Å²) in [5.41, 5.74) is 4.67. The van der Waals surface area contributed by atoms with Crippen LogP contribution in [-0.2, 0) is 6.61 Å². The molecule has 9 heteroatoms. The number of nitrogen functional groups attached to an aromatic ring is 1. The lowest BCUT2D eigenvalue weighted by atomic mass is 9.95. The first-order valence-electron chi connectivity index (χ1n) is 8.56. The fourth-order valence-corrected chi connectivity index (χ4v) is 2.90. The summed E-state index contributed by atoms with van der Waals surface area (Å²) >= 11 is 0. The van der Waals surface area contributed by atoms with Gasteiger partial charge in [0, 0.05) is 5.56 Å². The van der Waals surface area contributed by atoms with E-state index in [9.17, 15) is 24.6 Å². The molecule has 150 valence electrons. The molecule has 9 nitrogen and oxygen atoms in total. The zero-order chi connectivity index (χ0) is 21.8. The molecule has 0 aliphatic carbocycles. The van der Waals surface area contributed by atoms with E-state index in [1.807, 2.05) is 6.07 Å². The summed E-state index contributed by atoms with van der Waals surface area (Å²) < 4.78 is 5.65. The molecule has 0 amide bonds. The van der Waals surface area contributed by atoms with Crippen molar-refractivity contribution in [2.75, 3.05) is 5.73 Å². The zero-order valence-corrected chi connectivity index (χ0v) is 15.4. The molecule has 0 radical (unpaired) electrons. The summed E-state index contributed by atoms with van der Waals surface area (Å²) in [5.74, 6) is -3.04. The summed E-state index contributed by atoms with van der Waals surface area (Å²) in [6.45, 7) is 0.226. The van der Waals surface area contributed by atoms with Crippen LogP contribution in [0.5, 0.6) is 5.75 Å². The number of carbonyl (C=O) groups is 2. The van der Waals surface area contributed by atoms with E-state index in [0.29, 0.717) is 11.3 Å². The third-order valence-corrected chi connectivity index (χ3v) is 4.30. The first kappa shape index (κ1) is 20.2. The average Bonchev–Trinajstić information content (AvgIpc) is 2.71. The number of nitrogens with one attached hydrogen (secondary N) is 1. The van der Waals surface area contributed by atoms with Gasteiger partial charge in [0.15, 0.2) is 0 Å². The van der Waals surface area contributed by atoms with Crippen LogP contribution in [0.3, 0.4) is 0 Å². The number of rotatable bonds is 6. The fourth-order valence-electron chi connectivity index (χ4n) is 2.90. The van der Waals surface area contributed by atoms with E-state index in [-0.39, 0.29) is 17.7 Å². The topological polar surface area (TPSA) is 166 Å². The Bertz CT molecular complexity index is 1220. The normalized spacial score (nSPS) is 10.2. The van der Waals surface area contributed by atoms with E-state index >= 15 is 0 Å². The third kappa shape index (κ3) is 3.98. The Balaban J connectivity index is 1.94. The van der Waals surface area contributed by atoms with Crippen LogP contribution in [0.25, 0.3) is 11.1 Å². The number of anilines is 1. The van der Waals surface area contributed by atoms with Crippen molar-refractivity contribution in [1.29, 1.82) is 5.26 Å². The lowest BCUT2D eigenvalue weighted by Gasteiger charge is -2.13. The van der Waals surface area contributed by atoms with E-state index in [1.54, 1.807) is 24.3 Å². The maximum atomic E-state index is 12.1. The zero-order valence-electron chi connectivity index (χ0n) is 15.4. The monoisotopic (exact) mass is 405 g/mol. The van der Waals surface area contributed by atoms with Gasteiger partial charge in [0.1, 0.15) is 29.3 Å². The molecule has 30 heavy (non-hydrogen) atoms. The first-order valence-corrected chi connectivity index (χ1v) is 8.56. The second kappa shape index (κ2) is 8.20. The molecular weight excluding hydrogens is 390 g/mol. The van der Waals surface area contributed by atoms with Crippen molar-refractivity contribution in [1.82, 2.24) is 4.98 Å². The van der Waals surface area contributed by atoms with E-state index in [1.165, 1.54) is 24.3 Å². The molecule has 0 atom stereocenters. The number of carboxylic acids is 2. The minimum atomic E-state index is -1.57. The highest BCUT2D eigenvalue weighted by atomic mass is 16.5. The van der Waals surface area contributed by atoms with Crippen LogP contribution in [0.1, 0.15) is 31.8 Å². The summed E-state index contributed by atoms with van der Waals surface area (Å²) in [5, 5.41) is 27.7. The van der Waals surface area contributed by atoms with Gasteiger partial charge in [-0.15, -0.1) is 0 Å². The van der Waals surface area contributed by atoms with Crippen LogP contribution >= 0.6 is 0 Å². The largest absolute Gasteiger partial charge is 0.489 e. The van der Waals surface area contributed by atoms with Gasteiger partial charge in [-0.25, -0.2) is 9.59 Å². The number of nitrogens with zero attached hydrogens (tertiary/aromatic N) is 1. The Morgan fingerprint density at radius 3 is 2.13 bits per heavy atom. The number of hydrogen-bond donors (Lipinski definition) is 4. The highest BCUT2D eigenvalue weighted by molar-refractivity contribution is 6.07. The standard InChI is InChI=1S/C21H15N3O6/c22-9-11-1-3-12(4-2-11)10-30-14-7-5-13(6-8-14)15-16(20(26)27)18(23)24-19(25)17(15)21(28)29/h1-8H,10H2,(H,26,27)(H,28,29)(H3,23,24,25). The minimum Gasteiger partial charge on any atom is -0.489 e. The number of pyridine rings is 1. The van der Waals surface area contributed by atoms with Crippen LogP contribution in [0.4, 0.5) is 5.82 Å². The van der Waals surface area contributed by atoms with Crippen molar-refractivity contribution in [3.8, 4) is 22.9 Å². The number of nitrogens with two attached hydrogens (primary N) is 1. The predicted molar refractivity (Wildman–Crippen MR) is 106 cm³/mol. The summed E-state index contributed by atoms with van der Waals surface area (Å²) in [6, 6.07) is 14.8. The number of hydrogen-bond acceptors (Lipinski definition) is 6. The Labute approximate surface area is 169 Å². The molecule has 1 aromatic heterocycles. The van der Waals surface area contributed by atoms with Crippen LogP contribution in [-0.4, -0.2) is 27.1 Å². The molecular formula is C21H15N3O6. The van der Waals surface area contributed by atoms with Gasteiger partial charge in [0.25, 0.3) is 5.56 Å². The maximum absolute atomic E-state index is 12.1. The lowest BCUT2D eigenvalue weighted by Crippen LogP contribution is -2.24. The average molecular weight is 405 g/mol. The Hall–Kier alpha value is -4.58. The van der Waals surface area contributed by atoms with Gasteiger partial charge in [-0.2, -0.15) is 5.26 Å². The molecule has 2 aromatic carbocycles. The van der Waals surface area contributed by atoms with Crippen molar-refractivity contribution in [3.05, 3.63) is 81.1 Å². The van der Waals surface area contributed by atoms with Crippen molar-refractivity contribution < 1.29 is 24.5 Å². The van der Waals surface area contributed by atoms with Gasteiger partial charge >= 0.3 is 11.9 Å². The molecule has 3 rings (SSSR count). The van der Waals surface area contributed by atoms with Gasteiger partial charge in [0.05, 0.1) is 11.6 Å². The Morgan fingerprint density at radius 2 is 1.60 bits per heavy atom.